The number of hydrogen-bond donors (Lipinski definition) is 1. The molecule has 0 amide bonds. The van der Waals surface area contributed by atoms with Gasteiger partial charge in [-0.3, -0.25) is 0 Å². The zero-order chi connectivity index (χ0) is 20.3. The number of quaternary nitrogens is 1. The molecule has 5 rings (SSSR count). The lowest BCUT2D eigenvalue weighted by Crippen LogP contribution is -3.15. The van der Waals surface area contributed by atoms with Crippen molar-refractivity contribution in [1.82, 2.24) is 20.2 Å². The predicted molar refractivity (Wildman–Crippen MR) is 113 cm³/mol. The van der Waals surface area contributed by atoms with E-state index in [2.05, 4.69) is 55.4 Å². The number of rotatable bonds is 5. The summed E-state index contributed by atoms with van der Waals surface area (Å²) in [6.07, 6.45) is 4.72. The van der Waals surface area contributed by atoms with Gasteiger partial charge >= 0.3 is 0 Å². The first-order valence-electron chi connectivity index (χ1n) is 11.0. The summed E-state index contributed by atoms with van der Waals surface area (Å²) in [7, 11) is 0. The molecule has 0 spiro atoms. The van der Waals surface area contributed by atoms with Crippen LogP contribution in [-0.4, -0.2) is 46.4 Å². The van der Waals surface area contributed by atoms with Crippen LogP contribution in [0.3, 0.4) is 0 Å². The van der Waals surface area contributed by atoms with Gasteiger partial charge in [0.2, 0.25) is 5.82 Å². The maximum atomic E-state index is 13.6. The molecule has 1 saturated heterocycles. The normalized spacial score (nSPS) is 19.3. The molecule has 1 N–H and O–H groups in total. The highest BCUT2D eigenvalue weighted by Gasteiger charge is 2.36. The van der Waals surface area contributed by atoms with Gasteiger partial charge in [-0.15, -0.1) is 5.10 Å². The van der Waals surface area contributed by atoms with Crippen LogP contribution in [0.5, 0.6) is 0 Å². The van der Waals surface area contributed by atoms with E-state index in [4.69, 9.17) is 0 Å². The number of aromatic nitrogens is 4. The fraction of sp³-hybridized carbons (Fsp3) is 0.435. The van der Waals surface area contributed by atoms with E-state index >= 15 is 0 Å². The van der Waals surface area contributed by atoms with E-state index in [0.717, 1.165) is 50.4 Å². The molecule has 1 atom stereocenters. The molecule has 0 unspecified atom stereocenters. The SMILES string of the molecule is Fc1ccc([C@H](c2nnnn2C2CCCC2)[NH+]2CCN(c3ccccc3)CC2)cc1. The maximum Gasteiger partial charge on any atom is 0.214 e. The second-order valence-corrected chi connectivity index (χ2v) is 8.39. The fourth-order valence-corrected chi connectivity index (χ4v) is 5.00. The minimum Gasteiger partial charge on any atom is -0.360 e. The lowest BCUT2D eigenvalue weighted by Gasteiger charge is -2.37. The zero-order valence-corrected chi connectivity index (χ0v) is 17.1. The number of halogens is 1. The molecule has 7 heteroatoms. The lowest BCUT2D eigenvalue weighted by atomic mass is 10.0. The van der Waals surface area contributed by atoms with Crippen molar-refractivity contribution in [2.24, 2.45) is 0 Å². The van der Waals surface area contributed by atoms with Crippen molar-refractivity contribution in [3.63, 3.8) is 0 Å². The second-order valence-electron chi connectivity index (χ2n) is 8.39. The summed E-state index contributed by atoms with van der Waals surface area (Å²) in [5.41, 5.74) is 2.35. The average molecular weight is 408 g/mol. The summed E-state index contributed by atoms with van der Waals surface area (Å²) in [4.78, 5) is 3.87. The Hall–Kier alpha value is -2.80. The number of piperazine rings is 1. The lowest BCUT2D eigenvalue weighted by molar-refractivity contribution is -0.927. The molecule has 2 heterocycles. The smallest absolute Gasteiger partial charge is 0.214 e. The molecule has 1 aliphatic carbocycles. The molecule has 2 aromatic carbocycles. The Kier molecular flexibility index (Phi) is 5.45. The van der Waals surface area contributed by atoms with Crippen molar-refractivity contribution in [3.8, 4) is 0 Å². The van der Waals surface area contributed by atoms with Gasteiger partial charge in [0.25, 0.3) is 0 Å². The van der Waals surface area contributed by atoms with E-state index in [1.165, 1.54) is 23.4 Å². The van der Waals surface area contributed by atoms with Gasteiger partial charge in [0, 0.05) is 11.3 Å². The Bertz CT molecular complexity index is 943. The molecule has 156 valence electrons. The van der Waals surface area contributed by atoms with Gasteiger partial charge in [0.05, 0.1) is 32.2 Å². The Morgan fingerprint density at radius 1 is 0.933 bits per heavy atom. The quantitative estimate of drug-likeness (QED) is 0.706. The van der Waals surface area contributed by atoms with Gasteiger partial charge in [0.1, 0.15) is 5.82 Å². The summed E-state index contributed by atoms with van der Waals surface area (Å²) in [5, 5.41) is 12.9. The van der Waals surface area contributed by atoms with Crippen LogP contribution < -0.4 is 9.80 Å². The highest BCUT2D eigenvalue weighted by molar-refractivity contribution is 5.46. The predicted octanol–water partition coefficient (Wildman–Crippen LogP) is 2.42. The van der Waals surface area contributed by atoms with Crippen LogP contribution in [0.2, 0.25) is 0 Å². The molecule has 2 fully saturated rings. The van der Waals surface area contributed by atoms with Crippen molar-refractivity contribution in [2.75, 3.05) is 31.1 Å². The summed E-state index contributed by atoms with van der Waals surface area (Å²) in [6, 6.07) is 17.8. The van der Waals surface area contributed by atoms with E-state index in [0.29, 0.717) is 6.04 Å². The number of nitrogens with zero attached hydrogens (tertiary/aromatic N) is 5. The van der Waals surface area contributed by atoms with Gasteiger partial charge in [-0.2, -0.15) is 0 Å². The number of benzene rings is 2. The molecular weight excluding hydrogens is 379 g/mol. The monoisotopic (exact) mass is 407 g/mol. The Balaban J connectivity index is 1.43. The number of hydrogen-bond acceptors (Lipinski definition) is 4. The third-order valence-corrected chi connectivity index (χ3v) is 6.59. The molecular formula is C23H28FN6+. The maximum absolute atomic E-state index is 13.6. The number of nitrogens with one attached hydrogen (secondary N) is 1. The Morgan fingerprint density at radius 2 is 1.63 bits per heavy atom. The molecule has 0 bridgehead atoms. The van der Waals surface area contributed by atoms with E-state index in [1.807, 2.05) is 12.1 Å². The van der Waals surface area contributed by atoms with Crippen LogP contribution in [0.1, 0.15) is 49.2 Å². The topological polar surface area (TPSA) is 51.3 Å². The summed E-state index contributed by atoms with van der Waals surface area (Å²) >= 11 is 0. The number of para-hydroxylation sites is 1. The molecule has 2 aliphatic rings. The van der Waals surface area contributed by atoms with Gasteiger partial charge in [-0.1, -0.05) is 31.0 Å². The first kappa shape index (κ1) is 19.2. The first-order chi connectivity index (χ1) is 14.8. The van der Waals surface area contributed by atoms with Gasteiger partial charge in [-0.05, 0) is 59.7 Å². The van der Waals surface area contributed by atoms with E-state index in [9.17, 15) is 4.39 Å². The largest absolute Gasteiger partial charge is 0.360 e. The number of tetrazole rings is 1. The molecule has 1 aromatic heterocycles. The molecule has 3 aromatic rings. The molecule has 0 radical (unpaired) electrons. The second kappa shape index (κ2) is 8.52. The Morgan fingerprint density at radius 3 is 2.33 bits per heavy atom. The van der Waals surface area contributed by atoms with Crippen LogP contribution in [0.25, 0.3) is 0 Å². The van der Waals surface area contributed by atoms with E-state index in [1.54, 1.807) is 12.1 Å². The average Bonchev–Trinajstić information content (AvgIpc) is 3.48. The third-order valence-electron chi connectivity index (χ3n) is 6.59. The summed E-state index contributed by atoms with van der Waals surface area (Å²) in [6.45, 7) is 3.91. The van der Waals surface area contributed by atoms with Crippen LogP contribution in [0.4, 0.5) is 10.1 Å². The standard InChI is InChI=1S/C23H27FN6/c24-19-12-10-18(11-13-19)22(23-25-26-27-30(23)21-8-4-5-9-21)29-16-14-28(15-17-29)20-6-2-1-3-7-20/h1-3,6-7,10-13,21-22H,4-5,8-9,14-17H2/p+1/t22-/m1/s1. The van der Waals surface area contributed by atoms with Crippen LogP contribution in [0.15, 0.2) is 54.6 Å². The van der Waals surface area contributed by atoms with E-state index in [-0.39, 0.29) is 11.9 Å². The number of anilines is 1. The minimum absolute atomic E-state index is 0.0131. The van der Waals surface area contributed by atoms with Crippen molar-refractivity contribution < 1.29 is 9.29 Å². The van der Waals surface area contributed by atoms with Crippen molar-refractivity contribution in [1.29, 1.82) is 0 Å². The van der Waals surface area contributed by atoms with Crippen molar-refractivity contribution in [3.05, 3.63) is 71.8 Å². The van der Waals surface area contributed by atoms with Crippen LogP contribution in [-0.2, 0) is 0 Å². The van der Waals surface area contributed by atoms with Crippen LogP contribution >= 0.6 is 0 Å². The van der Waals surface area contributed by atoms with Gasteiger partial charge in [-0.25, -0.2) is 9.07 Å². The van der Waals surface area contributed by atoms with Crippen molar-refractivity contribution >= 4 is 5.69 Å². The van der Waals surface area contributed by atoms with Crippen molar-refractivity contribution in [2.45, 2.75) is 37.8 Å². The zero-order valence-electron chi connectivity index (χ0n) is 17.1. The van der Waals surface area contributed by atoms with Gasteiger partial charge in [0.15, 0.2) is 6.04 Å². The molecule has 6 nitrogen and oxygen atoms in total. The molecule has 30 heavy (non-hydrogen) atoms. The summed E-state index contributed by atoms with van der Waals surface area (Å²) in [5.74, 6) is 0.702. The van der Waals surface area contributed by atoms with Gasteiger partial charge < -0.3 is 9.80 Å². The highest BCUT2D eigenvalue weighted by Crippen LogP contribution is 2.31. The van der Waals surface area contributed by atoms with E-state index < -0.39 is 0 Å². The van der Waals surface area contributed by atoms with Crippen LogP contribution in [0, 0.1) is 5.82 Å². The Labute approximate surface area is 176 Å². The minimum atomic E-state index is -0.211. The first-order valence-corrected chi connectivity index (χ1v) is 11.0. The molecule has 1 saturated carbocycles. The highest BCUT2D eigenvalue weighted by atomic mass is 19.1. The molecule has 1 aliphatic heterocycles. The fourth-order valence-electron chi connectivity index (χ4n) is 5.00. The summed E-state index contributed by atoms with van der Waals surface area (Å²) < 4.78 is 15.7. The third kappa shape index (κ3) is 3.81.